The van der Waals surface area contributed by atoms with Gasteiger partial charge in [-0.3, -0.25) is 14.7 Å². The van der Waals surface area contributed by atoms with Crippen molar-refractivity contribution in [2.45, 2.75) is 37.8 Å². The van der Waals surface area contributed by atoms with Gasteiger partial charge in [-0.05, 0) is 40.3 Å². The van der Waals surface area contributed by atoms with E-state index in [0.29, 0.717) is 23.1 Å². The summed E-state index contributed by atoms with van der Waals surface area (Å²) in [6.45, 7) is 3.21. The van der Waals surface area contributed by atoms with Crippen molar-refractivity contribution >= 4 is 23.6 Å². The van der Waals surface area contributed by atoms with E-state index in [2.05, 4.69) is 15.5 Å². The lowest BCUT2D eigenvalue weighted by atomic mass is 10.2. The molecule has 0 aromatic carbocycles. The Morgan fingerprint density at radius 1 is 1.42 bits per heavy atom. The van der Waals surface area contributed by atoms with Crippen LogP contribution in [0.2, 0.25) is 0 Å². The minimum absolute atomic E-state index is 0.167. The van der Waals surface area contributed by atoms with E-state index >= 15 is 0 Å². The van der Waals surface area contributed by atoms with E-state index in [1.54, 1.807) is 17.6 Å². The molecule has 8 nitrogen and oxygen atoms in total. The van der Waals surface area contributed by atoms with Crippen molar-refractivity contribution in [3.8, 4) is 0 Å². The van der Waals surface area contributed by atoms with E-state index in [4.69, 9.17) is 4.52 Å². The van der Waals surface area contributed by atoms with Gasteiger partial charge in [0.1, 0.15) is 5.03 Å². The van der Waals surface area contributed by atoms with E-state index in [-0.39, 0.29) is 17.3 Å². The highest BCUT2D eigenvalue weighted by Crippen LogP contribution is 2.29. The van der Waals surface area contributed by atoms with Crippen molar-refractivity contribution in [1.82, 2.24) is 19.6 Å². The fourth-order valence-electron chi connectivity index (χ4n) is 2.97. The van der Waals surface area contributed by atoms with Gasteiger partial charge in [-0.1, -0.05) is 16.9 Å². The second kappa shape index (κ2) is 8.05. The molecule has 9 heteroatoms. The highest BCUT2D eigenvalue weighted by Gasteiger charge is 2.22. The normalized spacial score (nSPS) is 13.2. The molecule has 0 atom stereocenters. The van der Waals surface area contributed by atoms with E-state index in [1.165, 1.54) is 11.8 Å². The molecule has 140 valence electrons. The van der Waals surface area contributed by atoms with Gasteiger partial charge >= 0.3 is 5.69 Å². The van der Waals surface area contributed by atoms with Crippen LogP contribution in [0.15, 0.2) is 20.4 Å². The summed E-state index contributed by atoms with van der Waals surface area (Å²) in [4.78, 5) is 30.8. The second-order valence-electron chi connectivity index (χ2n) is 6.60. The zero-order chi connectivity index (χ0) is 18.7. The first kappa shape index (κ1) is 18.7. The molecule has 0 radical (unpaired) electrons. The quantitative estimate of drug-likeness (QED) is 0.574. The number of nitrogens with zero attached hydrogens (tertiary/aromatic N) is 4. The van der Waals surface area contributed by atoms with Crippen LogP contribution < -0.4 is 11.0 Å². The van der Waals surface area contributed by atoms with Gasteiger partial charge < -0.3 is 9.42 Å². The highest BCUT2D eigenvalue weighted by molar-refractivity contribution is 8.00. The number of carbonyl (C=O) groups is 1. The molecular formula is C17H23N5O3S. The number of aromatic nitrogens is 3. The van der Waals surface area contributed by atoms with Gasteiger partial charge in [0.05, 0.1) is 11.4 Å². The average molecular weight is 377 g/mol. The van der Waals surface area contributed by atoms with Crippen molar-refractivity contribution in [3.05, 3.63) is 33.5 Å². The molecule has 0 spiro atoms. The average Bonchev–Trinajstić information content (AvgIpc) is 3.21. The van der Waals surface area contributed by atoms with Crippen LogP contribution >= 0.6 is 11.8 Å². The summed E-state index contributed by atoms with van der Waals surface area (Å²) in [5.74, 6) is 0.280. The predicted octanol–water partition coefficient (Wildman–Crippen LogP) is 1.32. The minimum Gasteiger partial charge on any atom is -0.338 e. The summed E-state index contributed by atoms with van der Waals surface area (Å²) in [7, 11) is 3.97. The summed E-state index contributed by atoms with van der Waals surface area (Å²) in [5.41, 5.74) is 2.65. The number of carbonyl (C=O) groups excluding carboxylic acids is 1. The Morgan fingerprint density at radius 3 is 2.92 bits per heavy atom. The number of fused-ring (bicyclic) bond motifs is 1. The largest absolute Gasteiger partial charge is 0.348 e. The standard InChI is InChI=1S/C17H23N5O3S/c1-11-9-15(25-20-11)18-14(23)10-26-16-12-5-4-6-13(12)22(17(24)19-16)8-7-21(2)3/h9H,4-8,10H2,1-3H3,(H,18,23). The number of hydrogen-bond acceptors (Lipinski definition) is 7. The van der Waals surface area contributed by atoms with Crippen LogP contribution in [0.3, 0.4) is 0 Å². The third-order valence-corrected chi connectivity index (χ3v) is 5.22. The first-order valence-corrected chi connectivity index (χ1v) is 9.56. The molecule has 3 rings (SSSR count). The fourth-order valence-corrected chi connectivity index (χ4v) is 3.84. The maximum Gasteiger partial charge on any atom is 0.348 e. The van der Waals surface area contributed by atoms with Crippen molar-refractivity contribution in [1.29, 1.82) is 0 Å². The summed E-state index contributed by atoms with van der Waals surface area (Å²) in [6.07, 6.45) is 2.80. The molecule has 1 aliphatic carbocycles. The number of aryl methyl sites for hydroxylation is 1. The Kier molecular flexibility index (Phi) is 5.77. The van der Waals surface area contributed by atoms with E-state index in [0.717, 1.165) is 37.1 Å². The maximum atomic E-state index is 12.4. The van der Waals surface area contributed by atoms with Crippen LogP contribution in [0.25, 0.3) is 0 Å². The molecule has 0 unspecified atom stereocenters. The van der Waals surface area contributed by atoms with Crippen LogP contribution in [0.1, 0.15) is 23.4 Å². The lowest BCUT2D eigenvalue weighted by molar-refractivity contribution is -0.113. The number of hydrogen-bond donors (Lipinski definition) is 1. The zero-order valence-corrected chi connectivity index (χ0v) is 16.1. The Labute approximate surface area is 156 Å². The van der Waals surface area contributed by atoms with Crippen molar-refractivity contribution in [2.75, 3.05) is 31.7 Å². The van der Waals surface area contributed by atoms with Gasteiger partial charge in [0.2, 0.25) is 11.8 Å². The zero-order valence-electron chi connectivity index (χ0n) is 15.2. The minimum atomic E-state index is -0.235. The molecule has 0 bridgehead atoms. The molecule has 0 aliphatic heterocycles. The van der Waals surface area contributed by atoms with Crippen LogP contribution in [-0.4, -0.2) is 51.9 Å². The lowest BCUT2D eigenvalue weighted by Gasteiger charge is -2.16. The number of anilines is 1. The summed E-state index contributed by atoms with van der Waals surface area (Å²) < 4.78 is 6.76. The molecule has 26 heavy (non-hydrogen) atoms. The van der Waals surface area contributed by atoms with Crippen LogP contribution in [0.4, 0.5) is 5.88 Å². The van der Waals surface area contributed by atoms with Gasteiger partial charge in [-0.15, -0.1) is 0 Å². The second-order valence-corrected chi connectivity index (χ2v) is 7.57. The number of amides is 1. The number of thioether (sulfide) groups is 1. The Balaban J connectivity index is 1.70. The summed E-state index contributed by atoms with van der Waals surface area (Å²) in [5, 5.41) is 7.06. The Morgan fingerprint density at radius 2 is 2.23 bits per heavy atom. The third-order valence-electron chi connectivity index (χ3n) is 4.20. The van der Waals surface area contributed by atoms with E-state index < -0.39 is 0 Å². The van der Waals surface area contributed by atoms with Crippen LogP contribution in [0.5, 0.6) is 0 Å². The molecule has 2 aromatic heterocycles. The van der Waals surface area contributed by atoms with Crippen LogP contribution in [-0.2, 0) is 24.2 Å². The van der Waals surface area contributed by atoms with E-state index in [9.17, 15) is 9.59 Å². The predicted molar refractivity (Wildman–Crippen MR) is 99.7 cm³/mol. The van der Waals surface area contributed by atoms with Gasteiger partial charge in [0.25, 0.3) is 0 Å². The van der Waals surface area contributed by atoms with Crippen LogP contribution in [0, 0.1) is 6.92 Å². The number of rotatable bonds is 7. The molecule has 1 amide bonds. The summed E-state index contributed by atoms with van der Waals surface area (Å²) in [6, 6.07) is 1.66. The topological polar surface area (TPSA) is 93.3 Å². The first-order valence-electron chi connectivity index (χ1n) is 8.57. The molecule has 1 N–H and O–H groups in total. The number of likely N-dealkylation sites (N-methyl/N-ethyl adjacent to an activating group) is 1. The first-order chi connectivity index (χ1) is 12.4. The Bertz CT molecular complexity index is 859. The monoisotopic (exact) mass is 377 g/mol. The smallest absolute Gasteiger partial charge is 0.338 e. The van der Waals surface area contributed by atoms with Crippen molar-refractivity contribution in [3.63, 3.8) is 0 Å². The van der Waals surface area contributed by atoms with Gasteiger partial charge in [-0.2, -0.15) is 4.98 Å². The maximum absolute atomic E-state index is 12.4. The molecule has 0 saturated heterocycles. The Hall–Kier alpha value is -2.13. The molecule has 2 heterocycles. The van der Waals surface area contributed by atoms with Gasteiger partial charge in [0, 0.05) is 30.4 Å². The molecule has 0 saturated carbocycles. The SMILES string of the molecule is Cc1cc(NC(=O)CSc2nc(=O)n(CCN(C)C)c3c2CCC3)on1. The summed E-state index contributed by atoms with van der Waals surface area (Å²) >= 11 is 1.30. The molecule has 0 fully saturated rings. The fraction of sp³-hybridized carbons (Fsp3) is 0.529. The third kappa shape index (κ3) is 4.34. The van der Waals surface area contributed by atoms with Crippen molar-refractivity contribution < 1.29 is 9.32 Å². The molecule has 1 aliphatic rings. The number of nitrogens with one attached hydrogen (secondary N) is 1. The van der Waals surface area contributed by atoms with Gasteiger partial charge in [-0.25, -0.2) is 4.79 Å². The lowest BCUT2D eigenvalue weighted by Crippen LogP contribution is -2.31. The molecule has 2 aromatic rings. The molecular weight excluding hydrogens is 354 g/mol. The van der Waals surface area contributed by atoms with E-state index in [1.807, 2.05) is 19.0 Å². The highest BCUT2D eigenvalue weighted by atomic mass is 32.2. The van der Waals surface area contributed by atoms with Gasteiger partial charge in [0.15, 0.2) is 0 Å². The van der Waals surface area contributed by atoms with Crippen molar-refractivity contribution in [2.24, 2.45) is 0 Å².